The molecule has 98 valence electrons. The van der Waals surface area contributed by atoms with E-state index in [1.54, 1.807) is 0 Å². The molecular weight excluding hydrogens is 257 g/mol. The molecule has 0 heterocycles. The van der Waals surface area contributed by atoms with Crippen LogP contribution in [0.15, 0.2) is 23.8 Å². The Kier molecular flexibility index (Phi) is 3.04. The predicted molar refractivity (Wildman–Crippen MR) is 60.9 cm³/mol. The third-order valence-corrected chi connectivity index (χ3v) is 2.59. The SMILES string of the molecule is O=C(O)CNC(=O)C1=C(O)c2cccc(F)c2C1=O. The second-order valence-electron chi connectivity index (χ2n) is 3.79. The van der Waals surface area contributed by atoms with Crippen LogP contribution in [0.4, 0.5) is 4.39 Å². The molecule has 0 aromatic heterocycles. The largest absolute Gasteiger partial charge is 0.506 e. The summed E-state index contributed by atoms with van der Waals surface area (Å²) in [6, 6.07) is 3.61. The molecule has 0 spiro atoms. The summed E-state index contributed by atoms with van der Waals surface area (Å²) >= 11 is 0. The molecule has 2 rings (SSSR count). The lowest BCUT2D eigenvalue weighted by Crippen LogP contribution is -2.32. The Balaban J connectivity index is 2.37. The van der Waals surface area contributed by atoms with Crippen molar-refractivity contribution >= 4 is 23.4 Å². The van der Waals surface area contributed by atoms with Gasteiger partial charge in [-0.05, 0) is 6.07 Å². The second-order valence-corrected chi connectivity index (χ2v) is 3.79. The van der Waals surface area contributed by atoms with E-state index >= 15 is 0 Å². The van der Waals surface area contributed by atoms with Gasteiger partial charge in [-0.3, -0.25) is 14.4 Å². The molecular formula is C12H8FNO5. The molecule has 3 N–H and O–H groups in total. The zero-order valence-electron chi connectivity index (χ0n) is 9.44. The van der Waals surface area contributed by atoms with Gasteiger partial charge in [0.05, 0.1) is 5.56 Å². The van der Waals surface area contributed by atoms with E-state index in [0.717, 1.165) is 6.07 Å². The minimum absolute atomic E-state index is 0.0783. The first-order chi connectivity index (χ1) is 8.93. The molecule has 1 aromatic carbocycles. The molecule has 0 fully saturated rings. The number of hydrogen-bond donors (Lipinski definition) is 3. The highest BCUT2D eigenvalue weighted by Crippen LogP contribution is 2.32. The summed E-state index contributed by atoms with van der Waals surface area (Å²) in [5, 5.41) is 20.1. The maximum atomic E-state index is 13.5. The van der Waals surface area contributed by atoms with Gasteiger partial charge in [0.15, 0.2) is 0 Å². The van der Waals surface area contributed by atoms with Crippen molar-refractivity contribution in [2.24, 2.45) is 0 Å². The van der Waals surface area contributed by atoms with E-state index in [0.29, 0.717) is 0 Å². The normalized spacial score (nSPS) is 13.4. The maximum absolute atomic E-state index is 13.5. The van der Waals surface area contributed by atoms with Crippen molar-refractivity contribution in [3.8, 4) is 0 Å². The Hall–Kier alpha value is -2.70. The van der Waals surface area contributed by atoms with Crippen molar-refractivity contribution in [2.75, 3.05) is 6.54 Å². The number of fused-ring (bicyclic) bond motifs is 1. The van der Waals surface area contributed by atoms with Crippen LogP contribution < -0.4 is 5.32 Å². The van der Waals surface area contributed by atoms with Crippen molar-refractivity contribution in [1.82, 2.24) is 5.32 Å². The highest BCUT2D eigenvalue weighted by molar-refractivity contribution is 6.34. The van der Waals surface area contributed by atoms with Crippen molar-refractivity contribution in [3.05, 3.63) is 40.7 Å². The second kappa shape index (κ2) is 4.52. The average molecular weight is 265 g/mol. The number of benzene rings is 1. The van der Waals surface area contributed by atoms with Crippen LogP contribution in [0.5, 0.6) is 0 Å². The van der Waals surface area contributed by atoms with Gasteiger partial charge in [-0.25, -0.2) is 4.39 Å². The van der Waals surface area contributed by atoms with E-state index in [9.17, 15) is 23.9 Å². The van der Waals surface area contributed by atoms with Gasteiger partial charge in [-0.1, -0.05) is 12.1 Å². The zero-order valence-corrected chi connectivity index (χ0v) is 9.44. The summed E-state index contributed by atoms with van der Waals surface area (Å²) in [4.78, 5) is 33.8. The molecule has 0 bridgehead atoms. The van der Waals surface area contributed by atoms with Crippen LogP contribution in [0.2, 0.25) is 0 Å². The van der Waals surface area contributed by atoms with Gasteiger partial charge in [0.2, 0.25) is 5.78 Å². The molecule has 19 heavy (non-hydrogen) atoms. The number of ketones is 1. The molecule has 0 saturated carbocycles. The Bertz CT molecular complexity index is 635. The van der Waals surface area contributed by atoms with Gasteiger partial charge in [0.1, 0.15) is 23.7 Å². The van der Waals surface area contributed by atoms with Crippen LogP contribution in [-0.2, 0) is 9.59 Å². The predicted octanol–water partition coefficient (Wildman–Crippen LogP) is 0.492. The van der Waals surface area contributed by atoms with E-state index in [1.807, 2.05) is 5.32 Å². The Morgan fingerprint density at radius 2 is 2.00 bits per heavy atom. The number of carbonyl (C=O) groups excluding carboxylic acids is 2. The molecule has 0 radical (unpaired) electrons. The minimum Gasteiger partial charge on any atom is -0.506 e. The average Bonchev–Trinajstić information content (AvgIpc) is 2.60. The van der Waals surface area contributed by atoms with Gasteiger partial charge in [-0.15, -0.1) is 0 Å². The number of aliphatic hydroxyl groups excluding tert-OH is 1. The smallest absolute Gasteiger partial charge is 0.322 e. The molecule has 0 unspecified atom stereocenters. The lowest BCUT2D eigenvalue weighted by atomic mass is 10.1. The Labute approximate surface area is 106 Å². The lowest BCUT2D eigenvalue weighted by molar-refractivity contribution is -0.137. The van der Waals surface area contributed by atoms with Crippen molar-refractivity contribution in [1.29, 1.82) is 0 Å². The number of carboxylic acid groups (broad SMARTS) is 1. The first-order valence-corrected chi connectivity index (χ1v) is 5.20. The summed E-state index contributed by atoms with van der Waals surface area (Å²) in [5.74, 6) is -4.82. The summed E-state index contributed by atoms with van der Waals surface area (Å²) in [5.41, 5.74) is -1.12. The van der Waals surface area contributed by atoms with Gasteiger partial charge in [0.25, 0.3) is 5.91 Å². The maximum Gasteiger partial charge on any atom is 0.322 e. The number of carboxylic acids is 1. The van der Waals surface area contributed by atoms with Crippen LogP contribution in [0.25, 0.3) is 5.76 Å². The topological polar surface area (TPSA) is 104 Å². The van der Waals surface area contributed by atoms with Crippen molar-refractivity contribution in [2.45, 2.75) is 0 Å². The number of aliphatic carboxylic acids is 1. The van der Waals surface area contributed by atoms with Crippen LogP contribution in [-0.4, -0.2) is 34.4 Å². The number of hydrogen-bond acceptors (Lipinski definition) is 4. The molecule has 6 nitrogen and oxygen atoms in total. The van der Waals surface area contributed by atoms with E-state index in [-0.39, 0.29) is 11.1 Å². The van der Waals surface area contributed by atoms with Crippen LogP contribution >= 0.6 is 0 Å². The molecule has 1 amide bonds. The molecule has 1 aliphatic rings. The van der Waals surface area contributed by atoms with Crippen LogP contribution in [0, 0.1) is 5.82 Å². The van der Waals surface area contributed by atoms with Crippen LogP contribution in [0.3, 0.4) is 0 Å². The Morgan fingerprint density at radius 1 is 1.32 bits per heavy atom. The molecule has 1 aromatic rings. The fraction of sp³-hybridized carbons (Fsp3) is 0.0833. The first kappa shape index (κ1) is 12.7. The lowest BCUT2D eigenvalue weighted by Gasteiger charge is -2.02. The van der Waals surface area contributed by atoms with Crippen LogP contribution in [0.1, 0.15) is 15.9 Å². The van der Waals surface area contributed by atoms with E-state index in [2.05, 4.69) is 0 Å². The standard InChI is InChI=1S/C12H8FNO5/c13-6-3-1-2-5-8(6)11(18)9(10(5)17)12(19)14-4-7(15)16/h1-3,17H,4H2,(H,14,19)(H,15,16). The van der Waals surface area contributed by atoms with Crippen molar-refractivity contribution < 1.29 is 29.0 Å². The first-order valence-electron chi connectivity index (χ1n) is 5.20. The highest BCUT2D eigenvalue weighted by atomic mass is 19.1. The molecule has 0 aliphatic heterocycles. The number of carbonyl (C=O) groups is 3. The number of amides is 1. The molecule has 1 aliphatic carbocycles. The quantitative estimate of drug-likeness (QED) is 0.690. The van der Waals surface area contributed by atoms with E-state index in [4.69, 9.17) is 5.11 Å². The Morgan fingerprint density at radius 3 is 2.58 bits per heavy atom. The van der Waals surface area contributed by atoms with E-state index < -0.39 is 41.4 Å². The molecule has 7 heteroatoms. The number of aliphatic hydroxyl groups is 1. The zero-order chi connectivity index (χ0) is 14.2. The van der Waals surface area contributed by atoms with Gasteiger partial charge in [-0.2, -0.15) is 0 Å². The third-order valence-electron chi connectivity index (χ3n) is 2.59. The minimum atomic E-state index is -1.30. The summed E-state index contributed by atoms with van der Waals surface area (Å²) in [6.45, 7) is -0.707. The van der Waals surface area contributed by atoms with Gasteiger partial charge >= 0.3 is 5.97 Å². The summed E-state index contributed by atoms with van der Waals surface area (Å²) in [7, 11) is 0. The molecule has 0 saturated heterocycles. The van der Waals surface area contributed by atoms with Crippen molar-refractivity contribution in [3.63, 3.8) is 0 Å². The highest BCUT2D eigenvalue weighted by Gasteiger charge is 2.36. The third kappa shape index (κ3) is 2.05. The monoisotopic (exact) mass is 265 g/mol. The summed E-state index contributed by atoms with van der Waals surface area (Å²) in [6.07, 6.45) is 0. The van der Waals surface area contributed by atoms with Gasteiger partial charge < -0.3 is 15.5 Å². The molecule has 0 atom stereocenters. The number of rotatable bonds is 3. The number of halogens is 1. The summed E-state index contributed by atoms with van der Waals surface area (Å²) < 4.78 is 13.5. The fourth-order valence-corrected chi connectivity index (χ4v) is 1.77. The number of Topliss-reactive ketones (excluding diaryl/α,β-unsaturated/α-hetero) is 1. The van der Waals surface area contributed by atoms with E-state index in [1.165, 1.54) is 12.1 Å². The van der Waals surface area contributed by atoms with Gasteiger partial charge in [0, 0.05) is 5.56 Å². The number of nitrogens with one attached hydrogen (secondary N) is 1. The fourth-order valence-electron chi connectivity index (χ4n) is 1.77.